The lowest BCUT2D eigenvalue weighted by molar-refractivity contribution is -0.142. The van der Waals surface area contributed by atoms with E-state index in [0.29, 0.717) is 22.1 Å². The van der Waals surface area contributed by atoms with Gasteiger partial charge in [-0.15, -0.1) is 0 Å². The molecular formula is C28H30F3NO5. The molecule has 0 spiro atoms. The quantitative estimate of drug-likeness (QED) is 0.359. The Bertz CT molecular complexity index is 1280. The average Bonchev–Trinajstić information content (AvgIpc) is 2.79. The van der Waals surface area contributed by atoms with E-state index in [9.17, 15) is 27.9 Å². The van der Waals surface area contributed by atoms with E-state index >= 15 is 0 Å². The lowest BCUT2D eigenvalue weighted by atomic mass is 9.86. The topological polar surface area (TPSA) is 84.9 Å². The highest BCUT2D eigenvalue weighted by Crippen LogP contribution is 2.34. The first-order chi connectivity index (χ1) is 17.2. The second kappa shape index (κ2) is 10.7. The number of halogens is 3. The highest BCUT2D eigenvalue weighted by atomic mass is 19.4. The Morgan fingerprint density at radius 3 is 2.16 bits per heavy atom. The van der Waals surface area contributed by atoms with Crippen LogP contribution in [0.1, 0.15) is 56.1 Å². The van der Waals surface area contributed by atoms with Crippen molar-refractivity contribution >= 4 is 22.6 Å². The fourth-order valence-electron chi connectivity index (χ4n) is 3.76. The minimum atomic E-state index is -4.45. The Balaban J connectivity index is 2.00. The fourth-order valence-corrected chi connectivity index (χ4v) is 3.76. The number of alkyl halides is 3. The van der Waals surface area contributed by atoms with Gasteiger partial charge in [-0.2, -0.15) is 13.2 Å². The van der Waals surface area contributed by atoms with E-state index in [4.69, 9.17) is 9.47 Å². The average molecular weight is 518 g/mol. The van der Waals surface area contributed by atoms with Crippen molar-refractivity contribution in [3.63, 3.8) is 0 Å². The van der Waals surface area contributed by atoms with Gasteiger partial charge in [0.05, 0.1) is 17.2 Å². The summed E-state index contributed by atoms with van der Waals surface area (Å²) in [5.74, 6) is -1.02. The third kappa shape index (κ3) is 6.93. The summed E-state index contributed by atoms with van der Waals surface area (Å²) in [7, 11) is 0. The summed E-state index contributed by atoms with van der Waals surface area (Å²) in [6, 6.07) is 11.9. The molecule has 0 aromatic heterocycles. The highest BCUT2D eigenvalue weighted by Gasteiger charge is 2.34. The van der Waals surface area contributed by atoms with Crippen LogP contribution in [0, 0.1) is 5.41 Å². The maximum atomic E-state index is 13.2. The Hall–Kier alpha value is -3.75. The Morgan fingerprint density at radius 2 is 1.62 bits per heavy atom. The summed E-state index contributed by atoms with van der Waals surface area (Å²) in [5, 5.41) is 13.5. The molecule has 0 saturated heterocycles. The molecule has 198 valence electrons. The van der Waals surface area contributed by atoms with Crippen LogP contribution in [0.3, 0.4) is 0 Å². The van der Waals surface area contributed by atoms with Crippen LogP contribution in [-0.4, -0.2) is 29.1 Å². The monoisotopic (exact) mass is 517 g/mol. The molecule has 0 aliphatic rings. The van der Waals surface area contributed by atoms with Gasteiger partial charge < -0.3 is 19.9 Å². The van der Waals surface area contributed by atoms with Gasteiger partial charge in [0.2, 0.25) is 0 Å². The molecule has 0 radical (unpaired) electrons. The Labute approximate surface area is 213 Å². The number of aliphatic carboxylic acids is 1. The zero-order valence-electron chi connectivity index (χ0n) is 21.3. The number of fused-ring (bicyclic) bond motifs is 1. The molecule has 2 N–H and O–H groups in total. The third-order valence-electron chi connectivity index (χ3n) is 5.61. The van der Waals surface area contributed by atoms with E-state index in [2.05, 4.69) is 5.32 Å². The minimum Gasteiger partial charge on any atom is -0.491 e. The first-order valence-corrected chi connectivity index (χ1v) is 11.7. The van der Waals surface area contributed by atoms with Gasteiger partial charge in [0, 0.05) is 5.39 Å². The molecule has 6 nitrogen and oxygen atoms in total. The maximum absolute atomic E-state index is 13.2. The number of carboxylic acids is 1. The molecule has 37 heavy (non-hydrogen) atoms. The van der Waals surface area contributed by atoms with Gasteiger partial charge in [-0.05, 0) is 66.6 Å². The van der Waals surface area contributed by atoms with Crippen LogP contribution in [0.2, 0.25) is 0 Å². The zero-order valence-corrected chi connectivity index (χ0v) is 21.3. The smallest absolute Gasteiger partial charge is 0.416 e. The standard InChI is InChI=1S/C28H30F3NO5/c1-16(2)37-20-11-13-21-18(14-20)8-12-22(25(33)32-24(26(34)35)27(3,4)5)23(21)36-15-17-6-9-19(10-7-17)28(29,30)31/h6-14,16,24H,15H2,1-5H3,(H,32,33)(H,34,35)/t24-/m1/s1. The number of carbonyl (C=O) groups excluding carboxylic acids is 1. The molecule has 1 amide bonds. The first-order valence-electron chi connectivity index (χ1n) is 11.7. The molecular weight excluding hydrogens is 487 g/mol. The van der Waals surface area contributed by atoms with Gasteiger partial charge in [0.15, 0.2) is 0 Å². The number of ether oxygens (including phenoxy) is 2. The van der Waals surface area contributed by atoms with Crippen molar-refractivity contribution in [1.29, 1.82) is 0 Å². The summed E-state index contributed by atoms with van der Waals surface area (Å²) in [6.07, 6.45) is -4.51. The van der Waals surface area contributed by atoms with Crippen molar-refractivity contribution in [3.8, 4) is 11.5 Å². The van der Waals surface area contributed by atoms with Crippen molar-refractivity contribution in [3.05, 3.63) is 71.3 Å². The molecule has 3 rings (SSSR count). The maximum Gasteiger partial charge on any atom is 0.416 e. The second-order valence-corrected chi connectivity index (χ2v) is 10.1. The summed E-state index contributed by atoms with van der Waals surface area (Å²) < 4.78 is 50.5. The van der Waals surface area contributed by atoms with Gasteiger partial charge >= 0.3 is 12.1 Å². The molecule has 0 saturated carbocycles. The minimum absolute atomic E-state index is 0.0526. The SMILES string of the molecule is CC(C)Oc1ccc2c(OCc3ccc(C(F)(F)F)cc3)c(C(=O)N[C@H](C(=O)O)C(C)(C)C)ccc2c1. The molecule has 0 bridgehead atoms. The van der Waals surface area contributed by atoms with E-state index < -0.39 is 35.1 Å². The fraction of sp³-hybridized carbons (Fsp3) is 0.357. The molecule has 0 unspecified atom stereocenters. The van der Waals surface area contributed by atoms with Gasteiger partial charge in [0.25, 0.3) is 5.91 Å². The lowest BCUT2D eigenvalue weighted by Gasteiger charge is -2.28. The van der Waals surface area contributed by atoms with Crippen LogP contribution in [0.15, 0.2) is 54.6 Å². The van der Waals surface area contributed by atoms with E-state index in [1.807, 2.05) is 13.8 Å². The van der Waals surface area contributed by atoms with Crippen LogP contribution < -0.4 is 14.8 Å². The predicted octanol–water partition coefficient (Wildman–Crippen LogP) is 6.45. The van der Waals surface area contributed by atoms with Crippen molar-refractivity contribution in [2.75, 3.05) is 0 Å². The number of rotatable bonds is 8. The Kier molecular flexibility index (Phi) is 8.05. The van der Waals surface area contributed by atoms with Crippen LogP contribution in [0.25, 0.3) is 10.8 Å². The normalized spacial score (nSPS) is 12.9. The number of benzene rings is 3. The van der Waals surface area contributed by atoms with Gasteiger partial charge in [0.1, 0.15) is 24.1 Å². The van der Waals surface area contributed by atoms with E-state index in [0.717, 1.165) is 12.1 Å². The molecule has 0 aliphatic carbocycles. The number of hydrogen-bond acceptors (Lipinski definition) is 4. The summed E-state index contributed by atoms with van der Waals surface area (Å²) in [5.41, 5.74) is -0.967. The van der Waals surface area contributed by atoms with Crippen LogP contribution in [0.5, 0.6) is 11.5 Å². The molecule has 3 aromatic carbocycles. The van der Waals surface area contributed by atoms with Gasteiger partial charge in [-0.3, -0.25) is 4.79 Å². The molecule has 0 fully saturated rings. The third-order valence-corrected chi connectivity index (χ3v) is 5.61. The lowest BCUT2D eigenvalue weighted by Crippen LogP contribution is -2.49. The van der Waals surface area contributed by atoms with Crippen molar-refractivity contribution in [2.45, 2.75) is 59.5 Å². The summed E-state index contributed by atoms with van der Waals surface area (Å²) in [4.78, 5) is 25.0. The highest BCUT2D eigenvalue weighted by molar-refractivity contribution is 6.05. The number of hydrogen-bond donors (Lipinski definition) is 2. The van der Waals surface area contributed by atoms with Crippen LogP contribution in [-0.2, 0) is 17.6 Å². The predicted molar refractivity (Wildman–Crippen MR) is 134 cm³/mol. The number of amides is 1. The molecule has 0 heterocycles. The second-order valence-electron chi connectivity index (χ2n) is 10.1. The van der Waals surface area contributed by atoms with E-state index in [1.165, 1.54) is 18.2 Å². The molecule has 3 aromatic rings. The molecule has 0 aliphatic heterocycles. The Morgan fingerprint density at radius 1 is 0.973 bits per heavy atom. The number of carboxylic acid groups (broad SMARTS) is 1. The van der Waals surface area contributed by atoms with Gasteiger partial charge in [-0.1, -0.05) is 39.0 Å². The number of nitrogens with one attached hydrogen (secondary N) is 1. The van der Waals surface area contributed by atoms with Gasteiger partial charge in [-0.25, -0.2) is 4.79 Å². The van der Waals surface area contributed by atoms with E-state index in [1.54, 1.807) is 45.0 Å². The molecule has 1 atom stereocenters. The van der Waals surface area contributed by atoms with Crippen molar-refractivity contribution in [1.82, 2.24) is 5.32 Å². The zero-order chi connectivity index (χ0) is 27.5. The van der Waals surface area contributed by atoms with Crippen LogP contribution >= 0.6 is 0 Å². The first kappa shape index (κ1) is 27.8. The largest absolute Gasteiger partial charge is 0.491 e. The molecule has 9 heteroatoms. The van der Waals surface area contributed by atoms with Crippen LogP contribution in [0.4, 0.5) is 13.2 Å². The number of carbonyl (C=O) groups is 2. The van der Waals surface area contributed by atoms with Crippen molar-refractivity contribution < 1.29 is 37.3 Å². The summed E-state index contributed by atoms with van der Waals surface area (Å²) in [6.45, 7) is 8.78. The van der Waals surface area contributed by atoms with E-state index in [-0.39, 0.29) is 24.0 Å². The summed E-state index contributed by atoms with van der Waals surface area (Å²) >= 11 is 0. The van der Waals surface area contributed by atoms with Crippen molar-refractivity contribution in [2.24, 2.45) is 5.41 Å².